The molecule has 0 aromatic heterocycles. The van der Waals surface area contributed by atoms with Gasteiger partial charge in [0, 0.05) is 17.1 Å². The highest BCUT2D eigenvalue weighted by molar-refractivity contribution is 6.17. The molecule has 4 heteroatoms. The number of nitrogens with one attached hydrogen (secondary N) is 1. The number of halogens is 2. The minimum Gasteiger partial charge on any atom is -0.322 e. The highest BCUT2D eigenvalue weighted by atomic mass is 35.5. The zero-order chi connectivity index (χ0) is 13.8. The highest BCUT2D eigenvalue weighted by Gasteiger charge is 2.07. The van der Waals surface area contributed by atoms with Crippen molar-refractivity contribution in [1.29, 1.82) is 0 Å². The number of anilines is 1. The first-order valence-electron chi connectivity index (χ1n) is 5.82. The number of rotatable bonds is 3. The van der Waals surface area contributed by atoms with Crippen LogP contribution in [0.4, 0.5) is 10.1 Å². The van der Waals surface area contributed by atoms with Gasteiger partial charge in [0.15, 0.2) is 0 Å². The molecule has 19 heavy (non-hydrogen) atoms. The first-order valence-corrected chi connectivity index (χ1v) is 6.35. The summed E-state index contributed by atoms with van der Waals surface area (Å²) in [6.07, 6.45) is 0. The Morgan fingerprint density at radius 3 is 2.74 bits per heavy atom. The van der Waals surface area contributed by atoms with E-state index >= 15 is 0 Å². The minimum atomic E-state index is -0.371. The number of alkyl halides is 1. The lowest BCUT2D eigenvalue weighted by atomic mass is 10.1. The molecule has 0 spiro atoms. The summed E-state index contributed by atoms with van der Waals surface area (Å²) in [5.74, 6) is -0.304. The Morgan fingerprint density at radius 1 is 1.26 bits per heavy atom. The molecule has 2 aromatic carbocycles. The summed E-state index contributed by atoms with van der Waals surface area (Å²) in [6.45, 7) is 1.77. The van der Waals surface area contributed by atoms with Gasteiger partial charge in [-0.1, -0.05) is 12.1 Å². The monoisotopic (exact) mass is 277 g/mol. The normalized spacial score (nSPS) is 10.3. The molecule has 0 unspecified atom stereocenters. The van der Waals surface area contributed by atoms with Gasteiger partial charge in [0.25, 0.3) is 5.91 Å². The largest absolute Gasteiger partial charge is 0.322 e. The second-order valence-corrected chi connectivity index (χ2v) is 4.57. The number of carbonyl (C=O) groups is 1. The van der Waals surface area contributed by atoms with Crippen LogP contribution in [-0.2, 0) is 5.88 Å². The standard InChI is InChI=1S/C15H13ClFNO/c1-10-5-13(17)8-14(6-10)18-15(19)12-4-2-3-11(7-12)9-16/h2-8H,9H2,1H3,(H,18,19). The van der Waals surface area contributed by atoms with Crippen LogP contribution < -0.4 is 5.32 Å². The van der Waals surface area contributed by atoms with Crippen LogP contribution in [0.5, 0.6) is 0 Å². The average Bonchev–Trinajstić information content (AvgIpc) is 2.37. The number of hydrogen-bond acceptors (Lipinski definition) is 1. The van der Waals surface area contributed by atoms with Gasteiger partial charge in [-0.2, -0.15) is 0 Å². The molecular weight excluding hydrogens is 265 g/mol. The Kier molecular flexibility index (Phi) is 4.17. The lowest BCUT2D eigenvalue weighted by Crippen LogP contribution is -2.12. The summed E-state index contributed by atoms with van der Waals surface area (Å²) in [7, 11) is 0. The van der Waals surface area contributed by atoms with E-state index in [1.165, 1.54) is 12.1 Å². The fourth-order valence-electron chi connectivity index (χ4n) is 1.81. The van der Waals surface area contributed by atoms with Crippen molar-refractivity contribution in [1.82, 2.24) is 0 Å². The third kappa shape index (κ3) is 3.55. The molecule has 0 radical (unpaired) electrons. The average molecular weight is 278 g/mol. The lowest BCUT2D eigenvalue weighted by molar-refractivity contribution is 0.102. The van der Waals surface area contributed by atoms with E-state index in [2.05, 4.69) is 5.32 Å². The van der Waals surface area contributed by atoms with Gasteiger partial charge in [-0.15, -0.1) is 11.6 Å². The molecule has 1 amide bonds. The van der Waals surface area contributed by atoms with Crippen molar-refractivity contribution in [3.05, 3.63) is 65.0 Å². The van der Waals surface area contributed by atoms with Crippen LogP contribution in [0.1, 0.15) is 21.5 Å². The number of benzene rings is 2. The maximum Gasteiger partial charge on any atom is 0.255 e. The predicted octanol–water partition coefficient (Wildman–Crippen LogP) is 4.13. The summed E-state index contributed by atoms with van der Waals surface area (Å²) in [6, 6.07) is 11.4. The number of aryl methyl sites for hydroxylation is 1. The third-order valence-corrected chi connectivity index (χ3v) is 2.95. The lowest BCUT2D eigenvalue weighted by Gasteiger charge is -2.07. The molecule has 0 heterocycles. The van der Waals surface area contributed by atoms with E-state index in [-0.39, 0.29) is 11.7 Å². The Labute approximate surface area is 116 Å². The van der Waals surface area contributed by atoms with E-state index in [0.29, 0.717) is 17.1 Å². The van der Waals surface area contributed by atoms with Crippen LogP contribution in [0.25, 0.3) is 0 Å². The second kappa shape index (κ2) is 5.85. The van der Waals surface area contributed by atoms with E-state index in [1.807, 2.05) is 6.07 Å². The van der Waals surface area contributed by atoms with Gasteiger partial charge in [0.2, 0.25) is 0 Å². The minimum absolute atomic E-state index is 0.281. The van der Waals surface area contributed by atoms with Gasteiger partial charge in [-0.25, -0.2) is 4.39 Å². The maximum atomic E-state index is 13.2. The van der Waals surface area contributed by atoms with Gasteiger partial charge >= 0.3 is 0 Å². The molecule has 0 saturated carbocycles. The van der Waals surface area contributed by atoms with Crippen molar-refractivity contribution in [3.8, 4) is 0 Å². The molecule has 0 aliphatic rings. The first-order chi connectivity index (χ1) is 9.08. The Bertz CT molecular complexity index is 593. The quantitative estimate of drug-likeness (QED) is 0.840. The number of carbonyl (C=O) groups excluding carboxylic acids is 1. The van der Waals surface area contributed by atoms with Crippen LogP contribution in [0.2, 0.25) is 0 Å². The summed E-state index contributed by atoms with van der Waals surface area (Å²) in [5, 5.41) is 2.67. The molecule has 2 rings (SSSR count). The molecule has 98 valence electrons. The first kappa shape index (κ1) is 13.6. The van der Waals surface area contributed by atoms with Crippen molar-refractivity contribution < 1.29 is 9.18 Å². The molecule has 0 aliphatic carbocycles. The predicted molar refractivity (Wildman–Crippen MR) is 75.1 cm³/mol. The van der Waals surface area contributed by atoms with E-state index in [1.54, 1.807) is 31.2 Å². The van der Waals surface area contributed by atoms with Gasteiger partial charge < -0.3 is 5.32 Å². The van der Waals surface area contributed by atoms with Crippen LogP contribution in [0.15, 0.2) is 42.5 Å². The number of hydrogen-bond donors (Lipinski definition) is 1. The van der Waals surface area contributed by atoms with Gasteiger partial charge in [0.1, 0.15) is 5.82 Å². The SMILES string of the molecule is Cc1cc(F)cc(NC(=O)c2cccc(CCl)c2)c1. The van der Waals surface area contributed by atoms with Crippen LogP contribution in [0.3, 0.4) is 0 Å². The molecule has 2 aromatic rings. The van der Waals surface area contributed by atoms with Crippen LogP contribution in [0, 0.1) is 12.7 Å². The summed E-state index contributed by atoms with van der Waals surface area (Å²) < 4.78 is 13.2. The molecule has 0 aliphatic heterocycles. The molecule has 2 nitrogen and oxygen atoms in total. The van der Waals surface area contributed by atoms with Crippen LogP contribution in [-0.4, -0.2) is 5.91 Å². The third-order valence-electron chi connectivity index (χ3n) is 2.64. The smallest absolute Gasteiger partial charge is 0.255 e. The van der Waals surface area contributed by atoms with Crippen molar-refractivity contribution >= 4 is 23.2 Å². The Balaban J connectivity index is 2.20. The van der Waals surface area contributed by atoms with Gasteiger partial charge in [-0.3, -0.25) is 4.79 Å². The van der Waals surface area contributed by atoms with Crippen molar-refractivity contribution in [3.63, 3.8) is 0 Å². The van der Waals surface area contributed by atoms with Crippen LogP contribution >= 0.6 is 11.6 Å². The summed E-state index contributed by atoms with van der Waals surface area (Å²) in [5.41, 5.74) is 2.56. The highest BCUT2D eigenvalue weighted by Crippen LogP contribution is 2.15. The van der Waals surface area contributed by atoms with E-state index in [4.69, 9.17) is 11.6 Å². The molecule has 1 N–H and O–H groups in total. The molecular formula is C15H13ClFNO. The van der Waals surface area contributed by atoms with E-state index in [9.17, 15) is 9.18 Å². The molecule has 0 bridgehead atoms. The van der Waals surface area contributed by atoms with Crippen molar-refractivity contribution in [2.24, 2.45) is 0 Å². The fraction of sp³-hybridized carbons (Fsp3) is 0.133. The zero-order valence-electron chi connectivity index (χ0n) is 10.4. The summed E-state index contributed by atoms with van der Waals surface area (Å²) in [4.78, 5) is 12.0. The van der Waals surface area contributed by atoms with E-state index < -0.39 is 0 Å². The molecule has 0 atom stereocenters. The number of amides is 1. The Morgan fingerprint density at radius 2 is 2.05 bits per heavy atom. The summed E-state index contributed by atoms with van der Waals surface area (Å²) >= 11 is 5.72. The zero-order valence-corrected chi connectivity index (χ0v) is 11.2. The Hall–Kier alpha value is -1.87. The van der Waals surface area contributed by atoms with Crippen molar-refractivity contribution in [2.45, 2.75) is 12.8 Å². The fourth-order valence-corrected chi connectivity index (χ4v) is 1.97. The van der Waals surface area contributed by atoms with E-state index in [0.717, 1.165) is 11.1 Å². The topological polar surface area (TPSA) is 29.1 Å². The molecule has 0 saturated heterocycles. The van der Waals surface area contributed by atoms with Gasteiger partial charge in [-0.05, 0) is 48.4 Å². The van der Waals surface area contributed by atoms with Crippen molar-refractivity contribution in [2.75, 3.05) is 5.32 Å². The van der Waals surface area contributed by atoms with Gasteiger partial charge in [0.05, 0.1) is 0 Å². The molecule has 0 fully saturated rings. The maximum absolute atomic E-state index is 13.2. The second-order valence-electron chi connectivity index (χ2n) is 4.31.